The highest BCUT2D eigenvalue weighted by molar-refractivity contribution is 7.87. The van der Waals surface area contributed by atoms with Gasteiger partial charge in [-0.1, -0.05) is 151 Å². The third-order valence-electron chi connectivity index (χ3n) is 8.11. The number of amides is 2. The van der Waals surface area contributed by atoms with Gasteiger partial charge in [-0.15, -0.1) is 0 Å². The molecule has 0 atom stereocenters. The smallest absolute Gasteiger partial charge is 0.317 e. The lowest BCUT2D eigenvalue weighted by Crippen LogP contribution is -2.46. The molecule has 0 unspecified atom stereocenters. The zero-order chi connectivity index (χ0) is 33.9. The van der Waals surface area contributed by atoms with E-state index in [9.17, 15) is 13.2 Å². The molecule has 0 bridgehead atoms. The number of anilines is 1. The van der Waals surface area contributed by atoms with Gasteiger partial charge in [0.2, 0.25) is 0 Å². The van der Waals surface area contributed by atoms with E-state index >= 15 is 0 Å². The van der Waals surface area contributed by atoms with E-state index in [2.05, 4.69) is 70.7 Å². The number of hydrogen-bond acceptors (Lipinski definition) is 4. The molecular weight excluding hydrogens is 580 g/mol. The summed E-state index contributed by atoms with van der Waals surface area (Å²) in [4.78, 5) is 12.8. The quantitative estimate of drug-likeness (QED) is 0.0917. The molecule has 0 aliphatic rings. The van der Waals surface area contributed by atoms with Gasteiger partial charge in [-0.2, -0.15) is 12.7 Å². The zero-order valence-corrected chi connectivity index (χ0v) is 31.4. The fraction of sp³-hybridized carbons (Fsp3) is 0.811. The van der Waals surface area contributed by atoms with Crippen LogP contribution in [0.15, 0.2) is 18.2 Å². The van der Waals surface area contributed by atoms with Crippen LogP contribution in [0.1, 0.15) is 181 Å². The van der Waals surface area contributed by atoms with Gasteiger partial charge in [-0.3, -0.25) is 0 Å². The molecule has 2 amide bonds. The van der Waals surface area contributed by atoms with Crippen LogP contribution in [0, 0.1) is 0 Å². The third kappa shape index (κ3) is 21.0. The molecule has 0 radical (unpaired) electrons. The minimum Gasteiger partial charge on any atom is -0.317 e. The molecule has 0 aliphatic heterocycles. The summed E-state index contributed by atoms with van der Waals surface area (Å²) in [5.41, 5.74) is 2.71. The molecule has 0 aliphatic carbocycles. The maximum Gasteiger partial charge on any atom is 0.333 e. The van der Waals surface area contributed by atoms with Crippen LogP contribution in [0.2, 0.25) is 0 Å². The second kappa shape index (κ2) is 27.5. The number of carbonyl (C=O) groups is 1. The SMILES string of the molecule is CCCCCCN(CCCCCC)S(=O)(=O)NC(=O)Nc1c(C(C)C)cccc1C(C)C.CCCCCCNCCCCCC. The van der Waals surface area contributed by atoms with E-state index in [1.807, 2.05) is 18.2 Å². The minimum atomic E-state index is -3.91. The largest absolute Gasteiger partial charge is 0.333 e. The number of carbonyl (C=O) groups excluding carboxylic acids is 1. The van der Waals surface area contributed by atoms with E-state index in [0.29, 0.717) is 18.8 Å². The van der Waals surface area contributed by atoms with Gasteiger partial charge in [0.15, 0.2) is 0 Å². The minimum absolute atomic E-state index is 0.203. The average Bonchev–Trinajstić information content (AvgIpc) is 2.99. The Hall–Kier alpha value is -1.64. The summed E-state index contributed by atoms with van der Waals surface area (Å²) in [5, 5.41) is 6.35. The number of unbranched alkanes of at least 4 members (excludes halogenated alkanes) is 12. The van der Waals surface area contributed by atoms with E-state index in [1.165, 1.54) is 68.8 Å². The van der Waals surface area contributed by atoms with Crippen molar-refractivity contribution in [3.63, 3.8) is 0 Å². The van der Waals surface area contributed by atoms with Gasteiger partial charge >= 0.3 is 16.2 Å². The Morgan fingerprint density at radius 1 is 0.644 bits per heavy atom. The molecule has 3 N–H and O–H groups in total. The molecule has 8 heteroatoms. The number of urea groups is 1. The lowest BCUT2D eigenvalue weighted by Gasteiger charge is -2.24. The molecule has 7 nitrogen and oxygen atoms in total. The first-order valence-corrected chi connectivity index (χ1v) is 19.9. The van der Waals surface area contributed by atoms with Gasteiger partial charge < -0.3 is 10.6 Å². The Kier molecular flexibility index (Phi) is 26.5. The Bertz CT molecular complexity index is 918. The van der Waals surface area contributed by atoms with Crippen LogP contribution in [-0.2, 0) is 10.2 Å². The summed E-state index contributed by atoms with van der Waals surface area (Å²) < 4.78 is 29.8. The number of nitrogens with zero attached hydrogens (tertiary/aromatic N) is 1. The van der Waals surface area contributed by atoms with Crippen LogP contribution < -0.4 is 15.4 Å². The van der Waals surface area contributed by atoms with E-state index in [-0.39, 0.29) is 11.8 Å². The molecule has 1 aromatic rings. The van der Waals surface area contributed by atoms with Crippen molar-refractivity contribution in [3.8, 4) is 0 Å². The van der Waals surface area contributed by atoms with Gasteiger partial charge in [0, 0.05) is 18.8 Å². The lowest BCUT2D eigenvalue weighted by molar-refractivity contribution is 0.255. The van der Waals surface area contributed by atoms with Crippen molar-refractivity contribution in [2.75, 3.05) is 31.5 Å². The highest BCUT2D eigenvalue weighted by Gasteiger charge is 2.25. The molecule has 0 spiro atoms. The second-order valence-electron chi connectivity index (χ2n) is 13.1. The van der Waals surface area contributed by atoms with Crippen molar-refractivity contribution in [1.29, 1.82) is 0 Å². The van der Waals surface area contributed by atoms with Crippen LogP contribution in [0.4, 0.5) is 10.5 Å². The number of para-hydroxylation sites is 1. The summed E-state index contributed by atoms with van der Waals surface area (Å²) in [6.45, 7) is 20.4. The van der Waals surface area contributed by atoms with Crippen LogP contribution in [0.3, 0.4) is 0 Å². The molecule has 0 heterocycles. The van der Waals surface area contributed by atoms with Crippen LogP contribution >= 0.6 is 0 Å². The number of benzene rings is 1. The van der Waals surface area contributed by atoms with Crippen molar-refractivity contribution >= 4 is 21.9 Å². The summed E-state index contributed by atoms with van der Waals surface area (Å²) in [5.74, 6) is 0.406. The average molecular weight is 653 g/mol. The molecule has 0 saturated heterocycles. The van der Waals surface area contributed by atoms with Crippen LogP contribution in [0.5, 0.6) is 0 Å². The van der Waals surface area contributed by atoms with Crippen molar-refractivity contribution in [1.82, 2.24) is 14.3 Å². The maximum absolute atomic E-state index is 13.1. The lowest BCUT2D eigenvalue weighted by atomic mass is 9.93. The summed E-state index contributed by atoms with van der Waals surface area (Å²) in [6, 6.07) is 5.24. The number of nitrogens with one attached hydrogen (secondary N) is 3. The molecule has 45 heavy (non-hydrogen) atoms. The Morgan fingerprint density at radius 3 is 1.42 bits per heavy atom. The molecule has 1 aromatic carbocycles. The molecule has 0 saturated carbocycles. The van der Waals surface area contributed by atoms with Crippen molar-refractivity contribution < 1.29 is 13.2 Å². The second-order valence-corrected chi connectivity index (χ2v) is 14.7. The highest BCUT2D eigenvalue weighted by atomic mass is 32.2. The van der Waals surface area contributed by atoms with Gasteiger partial charge in [0.25, 0.3) is 0 Å². The number of rotatable bonds is 25. The van der Waals surface area contributed by atoms with Gasteiger partial charge in [0.05, 0.1) is 0 Å². The molecule has 264 valence electrons. The predicted molar refractivity (Wildman–Crippen MR) is 197 cm³/mol. The first-order valence-electron chi connectivity index (χ1n) is 18.5. The standard InChI is InChI=1S/C25H45N3O3S.C12H27N/c1-7-9-11-13-18-28(19-14-12-10-8-2)32(30,31)27-25(29)26-24-22(20(3)4)16-15-17-23(24)21(5)6;1-3-5-7-9-11-13-12-10-8-6-4-2/h15-17,20-21H,7-14,18-19H2,1-6H3,(H2,26,27,29);13H,3-12H2,1-2H3. The summed E-state index contributed by atoms with van der Waals surface area (Å²) >= 11 is 0. The normalized spacial score (nSPS) is 11.6. The van der Waals surface area contributed by atoms with Gasteiger partial charge in [-0.05, 0) is 61.7 Å². The van der Waals surface area contributed by atoms with Crippen molar-refractivity contribution in [2.45, 2.75) is 170 Å². The van der Waals surface area contributed by atoms with Gasteiger partial charge in [0.1, 0.15) is 0 Å². The van der Waals surface area contributed by atoms with Gasteiger partial charge in [-0.25, -0.2) is 9.52 Å². The van der Waals surface area contributed by atoms with Crippen molar-refractivity contribution in [3.05, 3.63) is 29.3 Å². The monoisotopic (exact) mass is 653 g/mol. The summed E-state index contributed by atoms with van der Waals surface area (Å²) in [6.07, 6.45) is 19.0. The highest BCUT2D eigenvalue weighted by Crippen LogP contribution is 2.32. The Morgan fingerprint density at radius 2 is 1.04 bits per heavy atom. The predicted octanol–water partition coefficient (Wildman–Crippen LogP) is 10.5. The Labute approximate surface area is 279 Å². The van der Waals surface area contributed by atoms with E-state index < -0.39 is 16.2 Å². The topological polar surface area (TPSA) is 90.5 Å². The molecule has 0 aromatic heterocycles. The molecule has 1 rings (SSSR count). The fourth-order valence-corrected chi connectivity index (χ4v) is 6.43. The third-order valence-corrected chi connectivity index (χ3v) is 9.60. The van der Waals surface area contributed by atoms with Crippen molar-refractivity contribution in [2.24, 2.45) is 0 Å². The molecule has 0 fully saturated rings. The van der Waals surface area contributed by atoms with E-state index in [1.54, 1.807) is 0 Å². The maximum atomic E-state index is 13.1. The number of hydrogen-bond donors (Lipinski definition) is 3. The van der Waals surface area contributed by atoms with E-state index in [0.717, 1.165) is 62.5 Å². The van der Waals surface area contributed by atoms with Crippen LogP contribution in [0.25, 0.3) is 0 Å². The first-order chi connectivity index (χ1) is 21.5. The Balaban J connectivity index is 0.00000125. The zero-order valence-electron chi connectivity index (χ0n) is 30.6. The fourth-order valence-electron chi connectivity index (χ4n) is 5.28. The van der Waals surface area contributed by atoms with E-state index in [4.69, 9.17) is 0 Å². The summed E-state index contributed by atoms with van der Waals surface area (Å²) in [7, 11) is -3.91. The molecular formula is C37H72N4O3S. The first kappa shape index (κ1) is 43.4. The van der Waals surface area contributed by atoms with Crippen LogP contribution in [-0.4, -0.2) is 44.9 Å².